The average molecular weight is 346 g/mol. The van der Waals surface area contributed by atoms with Crippen molar-refractivity contribution in [2.45, 2.75) is 36.9 Å². The van der Waals surface area contributed by atoms with Crippen LogP contribution in [0.4, 0.5) is 5.13 Å². The predicted octanol–water partition coefficient (Wildman–Crippen LogP) is 1.21. The molecule has 1 atom stereocenters. The second-order valence-electron chi connectivity index (χ2n) is 5.46. The highest BCUT2D eigenvalue weighted by Crippen LogP contribution is 2.28. The Morgan fingerprint density at radius 2 is 2.23 bits per heavy atom. The molecule has 1 aliphatic heterocycles. The fourth-order valence-electron chi connectivity index (χ4n) is 2.57. The lowest BCUT2D eigenvalue weighted by Crippen LogP contribution is -2.43. The molecule has 1 aromatic heterocycles. The van der Waals surface area contributed by atoms with E-state index in [4.69, 9.17) is 0 Å². The molecule has 0 spiro atoms. The maximum absolute atomic E-state index is 12.9. The minimum absolute atomic E-state index is 0.0381. The van der Waals surface area contributed by atoms with E-state index in [0.29, 0.717) is 11.7 Å². The molecule has 1 aromatic rings. The highest BCUT2D eigenvalue weighted by molar-refractivity contribution is 7.91. The van der Waals surface area contributed by atoms with E-state index < -0.39 is 10.0 Å². The van der Waals surface area contributed by atoms with Crippen LogP contribution in [-0.4, -0.2) is 61.2 Å². The van der Waals surface area contributed by atoms with Gasteiger partial charge in [-0.15, -0.1) is 0 Å². The van der Waals surface area contributed by atoms with Crippen molar-refractivity contribution in [3.63, 3.8) is 0 Å². The smallest absolute Gasteiger partial charge is 0.254 e. The molecular formula is C13H22N4O3S2. The summed E-state index contributed by atoms with van der Waals surface area (Å²) in [5.41, 5.74) is 0. The minimum atomic E-state index is -3.57. The molecule has 1 aliphatic rings. The molecule has 0 unspecified atom stereocenters. The van der Waals surface area contributed by atoms with Gasteiger partial charge in [0.05, 0.1) is 6.20 Å². The molecule has 0 saturated carbocycles. The molecule has 1 N–H and O–H groups in total. The van der Waals surface area contributed by atoms with Crippen LogP contribution in [0.15, 0.2) is 10.4 Å². The Balaban J connectivity index is 2.27. The highest BCUT2D eigenvalue weighted by Gasteiger charge is 2.34. The molecule has 0 aliphatic carbocycles. The fourth-order valence-corrected chi connectivity index (χ4v) is 5.51. The first-order chi connectivity index (χ1) is 10.3. The van der Waals surface area contributed by atoms with E-state index in [9.17, 15) is 13.2 Å². The molecule has 0 aromatic carbocycles. The summed E-state index contributed by atoms with van der Waals surface area (Å²) < 4.78 is 27.5. The topological polar surface area (TPSA) is 82.6 Å². The number of carbonyl (C=O) groups excluding carboxylic acids is 1. The molecule has 0 bridgehead atoms. The Labute approximate surface area is 135 Å². The number of likely N-dealkylation sites (N-methyl/N-ethyl adjacent to an activating group) is 1. The number of sulfonamides is 1. The molecule has 2 heterocycles. The summed E-state index contributed by atoms with van der Waals surface area (Å²) in [5, 5.41) is 2.83. The molecule has 22 heavy (non-hydrogen) atoms. The van der Waals surface area contributed by atoms with Gasteiger partial charge in [0.25, 0.3) is 10.0 Å². The Morgan fingerprint density at radius 1 is 1.50 bits per heavy atom. The number of nitrogens with one attached hydrogen (secondary N) is 1. The zero-order valence-electron chi connectivity index (χ0n) is 13.1. The van der Waals surface area contributed by atoms with E-state index in [2.05, 4.69) is 15.2 Å². The van der Waals surface area contributed by atoms with Crippen LogP contribution in [0.3, 0.4) is 0 Å². The summed E-state index contributed by atoms with van der Waals surface area (Å²) in [6.07, 6.45) is 2.90. The van der Waals surface area contributed by atoms with Crippen molar-refractivity contribution in [3.05, 3.63) is 6.20 Å². The van der Waals surface area contributed by atoms with Crippen LogP contribution < -0.4 is 5.32 Å². The van der Waals surface area contributed by atoms with Crippen LogP contribution in [0.1, 0.15) is 26.7 Å². The van der Waals surface area contributed by atoms with E-state index in [1.165, 1.54) is 13.1 Å². The highest BCUT2D eigenvalue weighted by atomic mass is 32.2. The summed E-state index contributed by atoms with van der Waals surface area (Å²) in [5.74, 6) is -0.263. The Hall–Kier alpha value is -1.03. The van der Waals surface area contributed by atoms with Crippen molar-refractivity contribution in [1.82, 2.24) is 14.2 Å². The number of anilines is 1. The van der Waals surface area contributed by atoms with Crippen molar-refractivity contribution in [1.29, 1.82) is 0 Å². The van der Waals surface area contributed by atoms with E-state index in [0.717, 1.165) is 37.3 Å². The number of aromatic nitrogens is 1. The average Bonchev–Trinajstić information content (AvgIpc) is 2.80. The van der Waals surface area contributed by atoms with Gasteiger partial charge in [-0.3, -0.25) is 4.79 Å². The normalized spacial score (nSPS) is 21.5. The van der Waals surface area contributed by atoms with Crippen molar-refractivity contribution in [2.24, 2.45) is 0 Å². The summed E-state index contributed by atoms with van der Waals surface area (Å²) in [6.45, 7) is 5.50. The number of amides is 1. The van der Waals surface area contributed by atoms with Crippen molar-refractivity contribution in [2.75, 3.05) is 32.0 Å². The second kappa shape index (κ2) is 7.03. The number of nitrogens with zero attached hydrogens (tertiary/aromatic N) is 3. The molecule has 9 heteroatoms. The molecule has 0 radical (unpaired) electrons. The van der Waals surface area contributed by atoms with Crippen LogP contribution in [0.25, 0.3) is 0 Å². The first kappa shape index (κ1) is 17.3. The van der Waals surface area contributed by atoms with E-state index >= 15 is 0 Å². The second-order valence-corrected chi connectivity index (χ2v) is 8.61. The molecule has 124 valence electrons. The lowest BCUT2D eigenvalue weighted by Gasteiger charge is -2.28. The number of carbonyl (C=O) groups is 1. The monoisotopic (exact) mass is 346 g/mol. The van der Waals surface area contributed by atoms with Gasteiger partial charge in [0.1, 0.15) is 0 Å². The molecule has 1 amide bonds. The number of rotatable bonds is 4. The Bertz CT molecular complexity index is 629. The van der Waals surface area contributed by atoms with Gasteiger partial charge in [0.2, 0.25) is 5.91 Å². The SMILES string of the molecule is CC[C@@H]1CN(C)CCCN1S(=O)(=O)c1cnc(NC(C)=O)s1. The van der Waals surface area contributed by atoms with Crippen LogP contribution in [0.2, 0.25) is 0 Å². The summed E-state index contributed by atoms with van der Waals surface area (Å²) in [6, 6.07) is -0.0381. The quantitative estimate of drug-likeness (QED) is 0.886. The largest absolute Gasteiger partial charge is 0.305 e. The van der Waals surface area contributed by atoms with Gasteiger partial charge in [-0.25, -0.2) is 13.4 Å². The van der Waals surface area contributed by atoms with Crippen LogP contribution >= 0.6 is 11.3 Å². The van der Waals surface area contributed by atoms with Crippen LogP contribution in [-0.2, 0) is 14.8 Å². The van der Waals surface area contributed by atoms with Gasteiger partial charge in [-0.2, -0.15) is 4.31 Å². The molecule has 1 saturated heterocycles. The van der Waals surface area contributed by atoms with Gasteiger partial charge in [-0.1, -0.05) is 18.3 Å². The molecule has 1 fully saturated rings. The minimum Gasteiger partial charge on any atom is -0.305 e. The van der Waals surface area contributed by atoms with Crippen molar-refractivity contribution in [3.8, 4) is 0 Å². The fraction of sp³-hybridized carbons (Fsp3) is 0.692. The summed E-state index contributed by atoms with van der Waals surface area (Å²) in [4.78, 5) is 17.2. The zero-order valence-corrected chi connectivity index (χ0v) is 14.7. The maximum atomic E-state index is 12.9. The van der Waals surface area contributed by atoms with Crippen LogP contribution in [0.5, 0.6) is 0 Å². The van der Waals surface area contributed by atoms with E-state index in [1.807, 2.05) is 14.0 Å². The van der Waals surface area contributed by atoms with E-state index in [-0.39, 0.29) is 16.2 Å². The molecular weight excluding hydrogens is 324 g/mol. The van der Waals surface area contributed by atoms with Crippen LogP contribution in [0, 0.1) is 0 Å². The number of hydrogen-bond donors (Lipinski definition) is 1. The summed E-state index contributed by atoms with van der Waals surface area (Å²) >= 11 is 0.996. The third-order valence-corrected chi connectivity index (χ3v) is 6.95. The van der Waals surface area contributed by atoms with Crippen molar-refractivity contribution >= 4 is 32.4 Å². The van der Waals surface area contributed by atoms with Gasteiger partial charge in [0, 0.05) is 26.1 Å². The lowest BCUT2D eigenvalue weighted by atomic mass is 10.2. The first-order valence-electron chi connectivity index (χ1n) is 7.28. The maximum Gasteiger partial charge on any atom is 0.254 e. The molecule has 7 nitrogen and oxygen atoms in total. The Morgan fingerprint density at radius 3 is 2.86 bits per heavy atom. The number of thiazole rings is 1. The molecule has 2 rings (SSSR count). The Kier molecular flexibility index (Phi) is 5.54. The summed E-state index contributed by atoms with van der Waals surface area (Å²) in [7, 11) is -1.56. The van der Waals surface area contributed by atoms with Gasteiger partial charge >= 0.3 is 0 Å². The van der Waals surface area contributed by atoms with Crippen molar-refractivity contribution < 1.29 is 13.2 Å². The number of hydrogen-bond acceptors (Lipinski definition) is 6. The lowest BCUT2D eigenvalue weighted by molar-refractivity contribution is -0.114. The van der Waals surface area contributed by atoms with Gasteiger partial charge < -0.3 is 10.2 Å². The van der Waals surface area contributed by atoms with E-state index in [1.54, 1.807) is 4.31 Å². The predicted molar refractivity (Wildman–Crippen MR) is 86.5 cm³/mol. The third kappa shape index (κ3) is 3.83. The third-order valence-electron chi connectivity index (χ3n) is 3.65. The van der Waals surface area contributed by atoms with Gasteiger partial charge in [-0.05, 0) is 26.4 Å². The zero-order chi connectivity index (χ0) is 16.3. The standard InChI is InChI=1S/C13H22N4O3S2/c1-4-11-9-16(3)6-5-7-17(11)22(19,20)12-8-14-13(21-12)15-10(2)18/h8,11H,4-7,9H2,1-3H3,(H,14,15,18)/t11-/m1/s1. The first-order valence-corrected chi connectivity index (χ1v) is 9.54. The van der Waals surface area contributed by atoms with Gasteiger partial charge in [0.15, 0.2) is 9.34 Å².